The van der Waals surface area contributed by atoms with Crippen LogP contribution in [-0.4, -0.2) is 43.6 Å². The quantitative estimate of drug-likeness (QED) is 0.0905. The fourth-order valence-electron chi connectivity index (χ4n) is 6.80. The van der Waals surface area contributed by atoms with E-state index in [-0.39, 0.29) is 23.9 Å². The lowest BCUT2D eigenvalue weighted by molar-refractivity contribution is -0.677. The molecule has 49 heavy (non-hydrogen) atoms. The Hall–Kier alpha value is -4.59. The Labute approximate surface area is 285 Å². The van der Waals surface area contributed by atoms with Crippen LogP contribution < -0.4 is 13.8 Å². The predicted octanol–water partition coefficient (Wildman–Crippen LogP) is 6.98. The van der Waals surface area contributed by atoms with Crippen LogP contribution >= 0.6 is 0 Å². The minimum Gasteiger partial charge on any atom is -0.406 e. The van der Waals surface area contributed by atoms with Gasteiger partial charge >= 0.3 is 21.9 Å². The van der Waals surface area contributed by atoms with Crippen LogP contribution in [0.3, 0.4) is 0 Å². The fraction of sp³-hybridized carbons (Fsp3) is 0.216. The second-order valence-corrected chi connectivity index (χ2v) is 15.5. The number of rotatable bonds is 10. The molecule has 0 radical (unpaired) electrons. The minimum atomic E-state index is -4.45. The van der Waals surface area contributed by atoms with Crippen LogP contribution in [0, 0.1) is 0 Å². The molecule has 1 saturated heterocycles. The van der Waals surface area contributed by atoms with E-state index in [2.05, 4.69) is 0 Å². The standard InChI is InChI=1S/C37H34N2O8S2/c1-2-26(22-35-38(19-9-21-48(40,41)42)31-24-29(14-16-33(31)46-35)27-10-5-3-6-11-27)23-36-39(20-18-37(39)49(43,44)45)32-25-30(15-17-34(32)47-36)28-12-7-4-8-13-28/h3-8,10-17,22-25,37H,2,9,18-21H2,1H3/p+2. The van der Waals surface area contributed by atoms with E-state index in [1.54, 1.807) is 0 Å². The second-order valence-electron chi connectivity index (χ2n) is 12.3. The Balaban J connectivity index is 1.33. The SMILES string of the molecule is CCC(=Cc1oc2ccc(-c3ccccc3)cc2[n+]1CCCS(=O)(=O)O)C=C1Oc2ccc(-c3ccccc3)cc2[N+]12CCC2S(=O)(=O)O. The highest BCUT2D eigenvalue weighted by molar-refractivity contribution is 7.86. The van der Waals surface area contributed by atoms with E-state index in [4.69, 9.17) is 9.15 Å². The molecular weight excluding hydrogens is 665 g/mol. The van der Waals surface area contributed by atoms with Crippen LogP contribution in [0.1, 0.15) is 32.1 Å². The topological polar surface area (TPSA) is 135 Å². The van der Waals surface area contributed by atoms with Gasteiger partial charge < -0.3 is 9.15 Å². The van der Waals surface area contributed by atoms with E-state index in [1.165, 1.54) is 0 Å². The van der Waals surface area contributed by atoms with Gasteiger partial charge in [-0.15, -0.1) is 0 Å². The summed E-state index contributed by atoms with van der Waals surface area (Å²) in [5.41, 5.74) is 6.60. The first-order chi connectivity index (χ1) is 23.5. The minimum absolute atomic E-state index is 0.148. The number of hydrogen-bond donors (Lipinski definition) is 2. The number of aromatic nitrogens is 1. The number of aryl methyl sites for hydroxylation is 1. The number of benzene rings is 4. The van der Waals surface area contributed by atoms with E-state index in [9.17, 15) is 25.9 Å². The molecule has 2 unspecified atom stereocenters. The van der Waals surface area contributed by atoms with Crippen molar-refractivity contribution in [1.82, 2.24) is 4.48 Å². The Bertz CT molecular complexity index is 2330. The van der Waals surface area contributed by atoms with Crippen molar-refractivity contribution < 1.29 is 39.7 Å². The number of nitrogens with zero attached hydrogens (tertiary/aromatic N) is 2. The first-order valence-electron chi connectivity index (χ1n) is 16.1. The maximum absolute atomic E-state index is 12.7. The molecule has 2 aliphatic rings. The van der Waals surface area contributed by atoms with Crippen LogP contribution in [0.25, 0.3) is 39.4 Å². The predicted molar refractivity (Wildman–Crippen MR) is 188 cm³/mol. The van der Waals surface area contributed by atoms with Gasteiger partial charge in [-0.05, 0) is 46.4 Å². The first kappa shape index (κ1) is 32.9. The summed E-state index contributed by atoms with van der Waals surface area (Å²) in [4.78, 5) is 0. The number of allylic oxidation sites excluding steroid dienone is 2. The molecule has 1 spiro atoms. The first-order valence-corrected chi connectivity index (χ1v) is 19.2. The van der Waals surface area contributed by atoms with Gasteiger partial charge in [-0.3, -0.25) is 9.11 Å². The van der Waals surface area contributed by atoms with Gasteiger partial charge in [0.05, 0.1) is 24.8 Å². The Morgan fingerprint density at radius 2 is 1.53 bits per heavy atom. The Morgan fingerprint density at radius 1 is 0.878 bits per heavy atom. The summed E-state index contributed by atoms with van der Waals surface area (Å²) in [7, 11) is -8.62. The van der Waals surface area contributed by atoms with E-state index in [0.717, 1.165) is 33.3 Å². The van der Waals surface area contributed by atoms with Crippen molar-refractivity contribution >= 4 is 43.1 Å². The van der Waals surface area contributed by atoms with Gasteiger partial charge in [0.2, 0.25) is 11.0 Å². The van der Waals surface area contributed by atoms with Gasteiger partial charge in [-0.2, -0.15) is 21.4 Å². The lowest BCUT2D eigenvalue weighted by atomic mass is 10.0. The summed E-state index contributed by atoms with van der Waals surface area (Å²) in [6.07, 6.45) is 4.58. The molecule has 252 valence electrons. The monoisotopic (exact) mass is 700 g/mol. The highest BCUT2D eigenvalue weighted by Gasteiger charge is 2.63. The van der Waals surface area contributed by atoms with Gasteiger partial charge in [0.15, 0.2) is 18.0 Å². The van der Waals surface area contributed by atoms with Crippen LogP contribution in [0.5, 0.6) is 5.75 Å². The van der Waals surface area contributed by atoms with Crippen LogP contribution in [0.15, 0.2) is 119 Å². The molecule has 2 N–H and O–H groups in total. The molecule has 0 amide bonds. The summed E-state index contributed by atoms with van der Waals surface area (Å²) in [5.74, 6) is 0.940. The van der Waals surface area contributed by atoms with Gasteiger partial charge in [0, 0.05) is 24.6 Å². The van der Waals surface area contributed by atoms with Gasteiger partial charge in [-0.25, -0.2) is 4.48 Å². The van der Waals surface area contributed by atoms with Crippen molar-refractivity contribution in [3.63, 3.8) is 0 Å². The third kappa shape index (κ3) is 6.33. The number of fused-ring (bicyclic) bond motifs is 3. The molecule has 1 aromatic heterocycles. The smallest absolute Gasteiger partial charge is 0.374 e. The molecule has 0 aliphatic carbocycles. The second kappa shape index (κ2) is 12.7. The van der Waals surface area contributed by atoms with Crippen molar-refractivity contribution in [3.05, 3.63) is 120 Å². The average molecular weight is 701 g/mol. The summed E-state index contributed by atoms with van der Waals surface area (Å²) < 4.78 is 82.9. The zero-order chi connectivity index (χ0) is 34.4. The highest BCUT2D eigenvalue weighted by Crippen LogP contribution is 2.54. The zero-order valence-corrected chi connectivity index (χ0v) is 28.4. The van der Waals surface area contributed by atoms with Crippen molar-refractivity contribution in [3.8, 4) is 28.0 Å². The van der Waals surface area contributed by atoms with Gasteiger partial charge in [-0.1, -0.05) is 79.7 Å². The van der Waals surface area contributed by atoms with E-state index in [0.29, 0.717) is 41.8 Å². The van der Waals surface area contributed by atoms with Crippen molar-refractivity contribution in [2.75, 3.05) is 12.3 Å². The molecule has 5 aromatic rings. The van der Waals surface area contributed by atoms with Gasteiger partial charge in [0.1, 0.15) is 0 Å². The summed E-state index contributed by atoms with van der Waals surface area (Å²) in [5, 5.41) is -1.13. The molecule has 1 fully saturated rings. The lowest BCUT2D eigenvalue weighted by Gasteiger charge is -2.45. The maximum Gasteiger partial charge on any atom is 0.374 e. The Kier molecular flexibility index (Phi) is 8.54. The van der Waals surface area contributed by atoms with E-state index < -0.39 is 31.4 Å². The normalized spacial score (nSPS) is 20.0. The van der Waals surface area contributed by atoms with E-state index >= 15 is 0 Å². The molecule has 10 nitrogen and oxygen atoms in total. The van der Waals surface area contributed by atoms with Crippen molar-refractivity contribution in [2.45, 2.75) is 38.1 Å². The van der Waals surface area contributed by atoms with Crippen molar-refractivity contribution in [2.24, 2.45) is 0 Å². The molecule has 7 rings (SSSR count). The van der Waals surface area contributed by atoms with Gasteiger partial charge in [0.25, 0.3) is 15.6 Å². The average Bonchev–Trinajstić information content (AvgIpc) is 3.58. The van der Waals surface area contributed by atoms with Crippen molar-refractivity contribution in [1.29, 1.82) is 0 Å². The van der Waals surface area contributed by atoms with Crippen LogP contribution in [-0.2, 0) is 26.8 Å². The maximum atomic E-state index is 12.7. The zero-order valence-electron chi connectivity index (χ0n) is 26.8. The Morgan fingerprint density at radius 3 is 2.12 bits per heavy atom. The molecule has 0 bridgehead atoms. The molecule has 2 atom stereocenters. The largest absolute Gasteiger partial charge is 0.406 e. The van der Waals surface area contributed by atoms with E-state index in [1.807, 2.05) is 121 Å². The summed E-state index contributed by atoms with van der Waals surface area (Å²) in [6.45, 7) is 2.62. The number of ether oxygens (including phenoxy) is 1. The molecule has 3 heterocycles. The number of quaternary nitrogens is 1. The number of oxazole rings is 1. The lowest BCUT2D eigenvalue weighted by Crippen LogP contribution is -2.67. The summed E-state index contributed by atoms with van der Waals surface area (Å²) >= 11 is 0. The molecule has 2 aliphatic heterocycles. The molecule has 12 heteroatoms. The fourth-order valence-corrected chi connectivity index (χ4v) is 8.47. The third-order valence-corrected chi connectivity index (χ3v) is 11.4. The number of hydrogen-bond acceptors (Lipinski definition) is 6. The molecular formula is C37H36N2O8S2+2. The third-order valence-electron chi connectivity index (χ3n) is 9.32. The molecule has 0 saturated carbocycles. The van der Waals surface area contributed by atoms with Crippen LogP contribution in [0.2, 0.25) is 0 Å². The summed E-state index contributed by atoms with van der Waals surface area (Å²) in [6, 6.07) is 31.1. The van der Waals surface area contributed by atoms with Crippen LogP contribution in [0.4, 0.5) is 5.69 Å². The highest BCUT2D eigenvalue weighted by atomic mass is 32.2. The molecule has 4 aromatic carbocycles.